The lowest BCUT2D eigenvalue weighted by Gasteiger charge is -2.34. The molecule has 1 aliphatic heterocycles. The Labute approximate surface area is 198 Å². The Morgan fingerprint density at radius 2 is 1.64 bits per heavy atom. The molecule has 0 atom stereocenters. The number of anilines is 1. The second kappa shape index (κ2) is 9.65. The Kier molecular flexibility index (Phi) is 6.28. The van der Waals surface area contributed by atoms with Crippen LogP contribution in [0.2, 0.25) is 5.02 Å². The second-order valence-corrected chi connectivity index (χ2v) is 8.73. The molecule has 4 aromatic rings. The molecule has 1 N–H and O–H groups in total. The summed E-state index contributed by atoms with van der Waals surface area (Å²) in [6, 6.07) is 25.9. The van der Waals surface area contributed by atoms with E-state index in [-0.39, 0.29) is 6.03 Å². The van der Waals surface area contributed by atoms with Gasteiger partial charge in [-0.3, -0.25) is 4.90 Å². The lowest BCUT2D eigenvalue weighted by molar-refractivity contribution is 0.140. The second-order valence-electron chi connectivity index (χ2n) is 8.29. The highest BCUT2D eigenvalue weighted by molar-refractivity contribution is 6.30. The van der Waals surface area contributed by atoms with Crippen molar-refractivity contribution in [1.29, 1.82) is 0 Å². The number of carbonyl (C=O) groups is 1. The van der Waals surface area contributed by atoms with Crippen LogP contribution in [0.25, 0.3) is 11.0 Å². The maximum Gasteiger partial charge on any atom is 0.321 e. The van der Waals surface area contributed by atoms with Gasteiger partial charge in [0, 0.05) is 43.4 Å². The smallest absolute Gasteiger partial charge is 0.321 e. The molecule has 0 unspecified atom stereocenters. The third-order valence-corrected chi connectivity index (χ3v) is 6.25. The molecule has 1 aliphatic rings. The molecule has 5 rings (SSSR count). The summed E-state index contributed by atoms with van der Waals surface area (Å²) in [6.45, 7) is 4.50. The highest BCUT2D eigenvalue weighted by atomic mass is 35.5. The van der Waals surface area contributed by atoms with Crippen LogP contribution >= 0.6 is 11.6 Å². The number of hydrogen-bond donors (Lipinski definition) is 1. The van der Waals surface area contributed by atoms with Gasteiger partial charge < -0.3 is 14.8 Å². The van der Waals surface area contributed by atoms with Gasteiger partial charge in [-0.05, 0) is 35.9 Å². The van der Waals surface area contributed by atoms with Gasteiger partial charge in [0.05, 0.1) is 17.6 Å². The van der Waals surface area contributed by atoms with E-state index in [0.717, 1.165) is 43.0 Å². The monoisotopic (exact) mass is 459 g/mol. The largest absolute Gasteiger partial charge is 0.322 e. The predicted molar refractivity (Wildman–Crippen MR) is 133 cm³/mol. The fourth-order valence-corrected chi connectivity index (χ4v) is 4.46. The Hall–Kier alpha value is -3.35. The van der Waals surface area contributed by atoms with E-state index in [1.165, 1.54) is 5.56 Å². The van der Waals surface area contributed by atoms with Crippen molar-refractivity contribution in [2.45, 2.75) is 13.1 Å². The van der Waals surface area contributed by atoms with Gasteiger partial charge in [0.15, 0.2) is 0 Å². The van der Waals surface area contributed by atoms with Crippen LogP contribution < -0.4 is 5.32 Å². The molecule has 2 heterocycles. The topological polar surface area (TPSA) is 53.4 Å². The summed E-state index contributed by atoms with van der Waals surface area (Å²) >= 11 is 6.02. The fourth-order valence-electron chi connectivity index (χ4n) is 4.27. The van der Waals surface area contributed by atoms with Crippen molar-refractivity contribution in [3.8, 4) is 0 Å². The molecule has 168 valence electrons. The van der Waals surface area contributed by atoms with Gasteiger partial charge in [0.2, 0.25) is 0 Å². The maximum atomic E-state index is 12.7. The van der Waals surface area contributed by atoms with Crippen LogP contribution in [0.5, 0.6) is 0 Å². The molecule has 2 amide bonds. The minimum absolute atomic E-state index is 0.0896. The van der Waals surface area contributed by atoms with Gasteiger partial charge in [0.1, 0.15) is 5.82 Å². The molecule has 6 nitrogen and oxygen atoms in total. The zero-order valence-electron chi connectivity index (χ0n) is 18.3. The van der Waals surface area contributed by atoms with Gasteiger partial charge in [-0.25, -0.2) is 9.78 Å². The number of hydrogen-bond acceptors (Lipinski definition) is 3. The van der Waals surface area contributed by atoms with Crippen LogP contribution in [0, 0.1) is 0 Å². The molecule has 0 radical (unpaired) electrons. The fraction of sp³-hybridized carbons (Fsp3) is 0.231. The number of fused-ring (bicyclic) bond motifs is 1. The van der Waals surface area contributed by atoms with E-state index < -0.39 is 0 Å². The summed E-state index contributed by atoms with van der Waals surface area (Å²) in [6.07, 6.45) is 0. The third-order valence-electron chi connectivity index (χ3n) is 6.02. The van der Waals surface area contributed by atoms with Crippen LogP contribution in [-0.2, 0) is 13.1 Å². The van der Waals surface area contributed by atoms with Gasteiger partial charge in [-0.2, -0.15) is 0 Å². The molecule has 33 heavy (non-hydrogen) atoms. The maximum absolute atomic E-state index is 12.7. The third kappa shape index (κ3) is 5.02. The van der Waals surface area contributed by atoms with Crippen LogP contribution in [0.3, 0.4) is 0 Å². The van der Waals surface area contributed by atoms with Crippen LogP contribution in [0.4, 0.5) is 10.5 Å². The SMILES string of the molecule is O=C(Nc1cccc(Cl)c1)N1CCN(Cc2nc3ccccc3n2Cc2ccccc2)CC1. The summed E-state index contributed by atoms with van der Waals surface area (Å²) in [4.78, 5) is 21.8. The number of nitrogens with zero attached hydrogens (tertiary/aromatic N) is 4. The highest BCUT2D eigenvalue weighted by Crippen LogP contribution is 2.20. The molecule has 3 aromatic carbocycles. The molecule has 0 spiro atoms. The lowest BCUT2D eigenvalue weighted by atomic mass is 10.2. The number of imidazole rings is 1. The van der Waals surface area contributed by atoms with Crippen LogP contribution in [0.1, 0.15) is 11.4 Å². The summed E-state index contributed by atoms with van der Waals surface area (Å²) in [7, 11) is 0. The van der Waals surface area contributed by atoms with Crippen LogP contribution in [-0.4, -0.2) is 51.6 Å². The zero-order valence-corrected chi connectivity index (χ0v) is 19.1. The average Bonchev–Trinajstić information content (AvgIpc) is 3.17. The van der Waals surface area contributed by atoms with E-state index in [0.29, 0.717) is 23.8 Å². The predicted octanol–water partition coefficient (Wildman–Crippen LogP) is 5.09. The van der Waals surface area contributed by atoms with Gasteiger partial charge >= 0.3 is 6.03 Å². The highest BCUT2D eigenvalue weighted by Gasteiger charge is 2.23. The van der Waals surface area contributed by atoms with E-state index in [9.17, 15) is 4.79 Å². The Bertz CT molecular complexity index is 1250. The molecule has 0 saturated carbocycles. The number of carbonyl (C=O) groups excluding carboxylic acids is 1. The normalized spacial score (nSPS) is 14.5. The number of amides is 2. The van der Waals surface area contributed by atoms with Crippen molar-refractivity contribution in [1.82, 2.24) is 19.4 Å². The van der Waals surface area contributed by atoms with E-state index in [4.69, 9.17) is 16.6 Å². The number of piperazine rings is 1. The molecule has 1 aromatic heterocycles. The Morgan fingerprint density at radius 1 is 0.879 bits per heavy atom. The van der Waals surface area contributed by atoms with Gasteiger partial charge in [0.25, 0.3) is 0 Å². The van der Waals surface area contributed by atoms with Gasteiger partial charge in [-0.1, -0.05) is 60.1 Å². The summed E-state index contributed by atoms with van der Waals surface area (Å²) in [5.41, 5.74) is 4.13. The Balaban J connectivity index is 1.25. The molecular formula is C26H26ClN5O. The number of aromatic nitrogens is 2. The van der Waals surface area contributed by atoms with E-state index in [1.54, 1.807) is 12.1 Å². The Morgan fingerprint density at radius 3 is 2.42 bits per heavy atom. The molecule has 1 saturated heterocycles. The number of halogens is 1. The van der Waals surface area contributed by atoms with Crippen molar-refractivity contribution in [2.24, 2.45) is 0 Å². The standard InChI is InChI=1S/C26H26ClN5O/c27-21-9-6-10-22(17-21)28-26(33)31-15-13-30(14-16-31)19-25-29-23-11-4-5-12-24(23)32(25)18-20-7-2-1-3-8-20/h1-12,17H,13-16,18-19H2,(H,28,33). The van der Waals surface area contributed by atoms with E-state index in [2.05, 4.69) is 57.2 Å². The quantitative estimate of drug-likeness (QED) is 0.452. The first-order valence-corrected chi connectivity index (χ1v) is 11.6. The number of urea groups is 1. The van der Waals surface area contributed by atoms with Crippen molar-refractivity contribution in [2.75, 3.05) is 31.5 Å². The first-order chi connectivity index (χ1) is 16.2. The van der Waals surface area contributed by atoms with Crippen molar-refractivity contribution in [3.63, 3.8) is 0 Å². The van der Waals surface area contributed by atoms with Gasteiger partial charge in [-0.15, -0.1) is 0 Å². The lowest BCUT2D eigenvalue weighted by Crippen LogP contribution is -2.49. The summed E-state index contributed by atoms with van der Waals surface area (Å²) < 4.78 is 2.31. The number of para-hydroxylation sites is 2. The summed E-state index contributed by atoms with van der Waals surface area (Å²) in [5, 5.41) is 3.55. The van der Waals surface area contributed by atoms with E-state index >= 15 is 0 Å². The summed E-state index contributed by atoms with van der Waals surface area (Å²) in [5.74, 6) is 1.05. The van der Waals surface area contributed by atoms with E-state index in [1.807, 2.05) is 29.2 Å². The molecule has 0 bridgehead atoms. The zero-order chi connectivity index (χ0) is 22.6. The molecule has 1 fully saturated rings. The van der Waals surface area contributed by atoms with Crippen molar-refractivity contribution < 1.29 is 4.79 Å². The first-order valence-electron chi connectivity index (χ1n) is 11.2. The molecule has 7 heteroatoms. The minimum atomic E-state index is -0.0896. The number of benzene rings is 3. The number of rotatable bonds is 5. The van der Waals surface area contributed by atoms with Crippen molar-refractivity contribution in [3.05, 3.63) is 95.3 Å². The molecule has 0 aliphatic carbocycles. The minimum Gasteiger partial charge on any atom is -0.322 e. The first kappa shape index (κ1) is 21.5. The molecular weight excluding hydrogens is 434 g/mol. The van der Waals surface area contributed by atoms with Crippen molar-refractivity contribution >= 4 is 34.4 Å². The van der Waals surface area contributed by atoms with Crippen LogP contribution in [0.15, 0.2) is 78.9 Å². The average molecular weight is 460 g/mol. The number of nitrogens with one attached hydrogen (secondary N) is 1.